The summed E-state index contributed by atoms with van der Waals surface area (Å²) in [5, 5.41) is 5.55. The standard InChI is InChI=1S/C24H20P.C2H6O4S/c1-5-13-21(14-6-1)25(22-15-7-2-8-16-22,23-17-9-3-10-18-23)24-19-11-4-12-20-24;1-2-6-7(3,4)5/h1-20H;2H2,1H3,(H,3,4,5)/q+1;. The fourth-order valence-corrected chi connectivity index (χ4v) is 8.21. The zero-order chi connectivity index (χ0) is 22.9. The van der Waals surface area contributed by atoms with Gasteiger partial charge in [0.05, 0.1) is 6.61 Å². The van der Waals surface area contributed by atoms with Gasteiger partial charge in [-0.15, -0.1) is 0 Å². The molecule has 6 heteroatoms. The molecule has 4 aromatic rings. The Kier molecular flexibility index (Phi) is 8.32. The summed E-state index contributed by atoms with van der Waals surface area (Å²) in [6.45, 7) is 1.44. The zero-order valence-electron chi connectivity index (χ0n) is 17.8. The molecule has 1 N–H and O–H groups in total. The molecule has 0 amide bonds. The Morgan fingerprint density at radius 2 is 0.844 bits per heavy atom. The Bertz CT molecular complexity index is 1020. The van der Waals surface area contributed by atoms with Crippen LogP contribution in [0.15, 0.2) is 121 Å². The summed E-state index contributed by atoms with van der Waals surface area (Å²) >= 11 is 0. The molecule has 164 valence electrons. The summed E-state index contributed by atoms with van der Waals surface area (Å²) < 4.78 is 30.7. The van der Waals surface area contributed by atoms with Gasteiger partial charge in [0.1, 0.15) is 28.5 Å². The van der Waals surface area contributed by atoms with Crippen molar-refractivity contribution < 1.29 is 17.2 Å². The van der Waals surface area contributed by atoms with E-state index in [1.807, 2.05) is 0 Å². The predicted octanol–water partition coefficient (Wildman–Crippen LogP) is 4.13. The minimum absolute atomic E-state index is 0.0289. The first-order valence-electron chi connectivity index (χ1n) is 10.2. The van der Waals surface area contributed by atoms with Crippen molar-refractivity contribution in [3.63, 3.8) is 0 Å². The van der Waals surface area contributed by atoms with E-state index in [1.54, 1.807) is 0 Å². The van der Waals surface area contributed by atoms with Crippen LogP contribution in [0.4, 0.5) is 0 Å². The second-order valence-corrected chi connectivity index (χ2v) is 11.3. The fourth-order valence-electron chi connectivity index (χ4n) is 3.65. The molecule has 0 radical (unpaired) electrons. The molecule has 0 bridgehead atoms. The van der Waals surface area contributed by atoms with Crippen molar-refractivity contribution >= 4 is 38.9 Å². The van der Waals surface area contributed by atoms with Crippen molar-refractivity contribution in [2.24, 2.45) is 0 Å². The summed E-state index contributed by atoms with van der Waals surface area (Å²) in [7, 11) is -6.08. The van der Waals surface area contributed by atoms with Gasteiger partial charge in [0.25, 0.3) is 0 Å². The molecule has 4 aromatic carbocycles. The van der Waals surface area contributed by atoms with Crippen LogP contribution in [0.25, 0.3) is 0 Å². The molecule has 0 aliphatic rings. The number of hydrogen-bond acceptors (Lipinski definition) is 3. The summed E-state index contributed by atoms with van der Waals surface area (Å²) in [6.07, 6.45) is 0. The normalized spacial score (nSPS) is 11.3. The lowest BCUT2D eigenvalue weighted by Crippen LogP contribution is -2.38. The van der Waals surface area contributed by atoms with Crippen molar-refractivity contribution in [1.29, 1.82) is 0 Å². The largest absolute Gasteiger partial charge is 0.397 e. The maximum atomic E-state index is 9.56. The maximum Gasteiger partial charge on any atom is 0.397 e. The van der Waals surface area contributed by atoms with Crippen molar-refractivity contribution in [3.8, 4) is 0 Å². The van der Waals surface area contributed by atoms with E-state index < -0.39 is 17.7 Å². The highest BCUT2D eigenvalue weighted by Gasteiger charge is 2.47. The molecule has 4 rings (SSSR count). The highest BCUT2D eigenvalue weighted by atomic mass is 32.3. The van der Waals surface area contributed by atoms with E-state index in [2.05, 4.69) is 126 Å². The molecule has 0 fully saturated rings. The predicted molar refractivity (Wildman–Crippen MR) is 134 cm³/mol. The number of rotatable bonds is 6. The first kappa shape index (κ1) is 23.8. The lowest BCUT2D eigenvalue weighted by atomic mass is 10.3. The first-order chi connectivity index (χ1) is 15.5. The minimum Gasteiger partial charge on any atom is -0.264 e. The summed E-state index contributed by atoms with van der Waals surface area (Å²) in [5.41, 5.74) is 0. The van der Waals surface area contributed by atoms with Crippen LogP contribution in [0.2, 0.25) is 0 Å². The highest BCUT2D eigenvalue weighted by molar-refractivity contribution is 8.01. The Labute approximate surface area is 190 Å². The summed E-state index contributed by atoms with van der Waals surface area (Å²) in [5.74, 6) is 0. The SMILES string of the molecule is CCOS(=O)(=O)O.c1ccc([P+](c2ccccc2)(c2ccccc2)c2ccccc2)cc1. The van der Waals surface area contributed by atoms with Crippen LogP contribution in [-0.4, -0.2) is 19.6 Å². The lowest BCUT2D eigenvalue weighted by molar-refractivity contribution is 0.283. The van der Waals surface area contributed by atoms with Crippen molar-refractivity contribution in [2.75, 3.05) is 6.61 Å². The van der Waals surface area contributed by atoms with Gasteiger partial charge >= 0.3 is 10.4 Å². The van der Waals surface area contributed by atoms with Crippen molar-refractivity contribution in [1.82, 2.24) is 0 Å². The Balaban J connectivity index is 0.000000360. The fraction of sp³-hybridized carbons (Fsp3) is 0.0769. The molecule has 0 atom stereocenters. The summed E-state index contributed by atoms with van der Waals surface area (Å²) in [4.78, 5) is 0. The van der Waals surface area contributed by atoms with E-state index in [0.29, 0.717) is 0 Å². The lowest BCUT2D eigenvalue weighted by Gasteiger charge is -2.27. The van der Waals surface area contributed by atoms with Gasteiger partial charge in [0.15, 0.2) is 0 Å². The summed E-state index contributed by atoms with van der Waals surface area (Å²) in [6, 6.07) is 43.8. The van der Waals surface area contributed by atoms with E-state index in [4.69, 9.17) is 4.55 Å². The average Bonchev–Trinajstić information content (AvgIpc) is 2.82. The van der Waals surface area contributed by atoms with Gasteiger partial charge in [-0.3, -0.25) is 4.55 Å². The molecule has 0 heterocycles. The Morgan fingerprint density at radius 3 is 1.00 bits per heavy atom. The van der Waals surface area contributed by atoms with Gasteiger partial charge in [0.2, 0.25) is 0 Å². The van der Waals surface area contributed by atoms with E-state index in [-0.39, 0.29) is 6.61 Å². The smallest absolute Gasteiger partial charge is 0.264 e. The van der Waals surface area contributed by atoms with Crippen LogP contribution >= 0.6 is 7.26 Å². The molecule has 0 aliphatic carbocycles. The molecule has 0 unspecified atom stereocenters. The molecule has 0 saturated carbocycles. The second-order valence-electron chi connectivity index (χ2n) is 6.85. The topological polar surface area (TPSA) is 63.6 Å². The van der Waals surface area contributed by atoms with Gasteiger partial charge in [-0.05, 0) is 55.5 Å². The molecule has 4 nitrogen and oxygen atoms in total. The van der Waals surface area contributed by atoms with Crippen LogP contribution in [-0.2, 0) is 14.6 Å². The van der Waals surface area contributed by atoms with Crippen LogP contribution in [0.3, 0.4) is 0 Å². The molecular weight excluding hydrogens is 439 g/mol. The van der Waals surface area contributed by atoms with Crippen LogP contribution < -0.4 is 21.2 Å². The highest BCUT2D eigenvalue weighted by Crippen LogP contribution is 2.53. The van der Waals surface area contributed by atoms with Gasteiger partial charge in [-0.2, -0.15) is 8.42 Å². The first-order valence-corrected chi connectivity index (χ1v) is 13.4. The molecule has 0 spiro atoms. The third-order valence-electron chi connectivity index (χ3n) is 4.84. The average molecular weight is 466 g/mol. The number of hydrogen-bond donors (Lipinski definition) is 1. The maximum absolute atomic E-state index is 9.56. The third-order valence-corrected chi connectivity index (χ3v) is 9.67. The van der Waals surface area contributed by atoms with Gasteiger partial charge < -0.3 is 0 Å². The van der Waals surface area contributed by atoms with Crippen molar-refractivity contribution in [3.05, 3.63) is 121 Å². The molecule has 0 aromatic heterocycles. The van der Waals surface area contributed by atoms with Crippen LogP contribution in [0, 0.1) is 0 Å². The molecular formula is C26H26O4PS+. The quantitative estimate of drug-likeness (QED) is 0.344. The van der Waals surface area contributed by atoms with Gasteiger partial charge in [-0.25, -0.2) is 4.18 Å². The zero-order valence-corrected chi connectivity index (χ0v) is 19.5. The minimum atomic E-state index is -4.17. The monoisotopic (exact) mass is 465 g/mol. The van der Waals surface area contributed by atoms with Crippen LogP contribution in [0.5, 0.6) is 0 Å². The van der Waals surface area contributed by atoms with Gasteiger partial charge in [0, 0.05) is 0 Å². The van der Waals surface area contributed by atoms with E-state index in [0.717, 1.165) is 0 Å². The van der Waals surface area contributed by atoms with E-state index in [1.165, 1.54) is 28.1 Å². The number of benzene rings is 4. The van der Waals surface area contributed by atoms with E-state index in [9.17, 15) is 8.42 Å². The van der Waals surface area contributed by atoms with Crippen LogP contribution in [0.1, 0.15) is 6.92 Å². The second kappa shape index (κ2) is 11.2. The molecule has 32 heavy (non-hydrogen) atoms. The molecule has 0 saturated heterocycles. The Hall–Kier alpha value is -2.82. The Morgan fingerprint density at radius 1 is 0.594 bits per heavy atom. The van der Waals surface area contributed by atoms with Gasteiger partial charge in [-0.1, -0.05) is 72.8 Å². The molecule has 0 aliphatic heterocycles. The van der Waals surface area contributed by atoms with E-state index >= 15 is 0 Å². The third kappa shape index (κ3) is 5.70. The van der Waals surface area contributed by atoms with Crippen molar-refractivity contribution in [2.45, 2.75) is 6.92 Å².